The molecule has 0 bridgehead atoms. The van der Waals surface area contributed by atoms with Crippen molar-refractivity contribution in [2.75, 3.05) is 44.2 Å². The van der Waals surface area contributed by atoms with Crippen LogP contribution in [-0.4, -0.2) is 62.1 Å². The predicted molar refractivity (Wildman–Crippen MR) is 181 cm³/mol. The molecule has 4 aromatic carbocycles. The number of amides is 2. The number of piperazine rings is 1. The van der Waals surface area contributed by atoms with Gasteiger partial charge in [-0.3, -0.25) is 9.59 Å². The summed E-state index contributed by atoms with van der Waals surface area (Å²) in [7, 11) is 0. The van der Waals surface area contributed by atoms with Gasteiger partial charge in [-0.05, 0) is 60.4 Å². The van der Waals surface area contributed by atoms with Crippen LogP contribution in [0.5, 0.6) is 5.75 Å². The van der Waals surface area contributed by atoms with E-state index in [1.54, 1.807) is 18.2 Å². The second-order valence-electron chi connectivity index (χ2n) is 11.3. The number of nitrogens with one attached hydrogen (secondary N) is 1. The minimum Gasteiger partial charge on any atom is -0.493 e. The van der Waals surface area contributed by atoms with E-state index in [4.69, 9.17) is 16.2 Å². The molecule has 2 amide bonds. The number of nitrogens with zero attached hydrogens (tertiary/aromatic N) is 2. The van der Waals surface area contributed by atoms with Crippen LogP contribution in [0, 0.1) is 5.82 Å². The molecule has 1 heterocycles. The highest BCUT2D eigenvalue weighted by atomic mass is 19.1. The first-order valence-corrected chi connectivity index (χ1v) is 15.9. The van der Waals surface area contributed by atoms with Gasteiger partial charge in [-0.15, -0.1) is 0 Å². The highest BCUT2D eigenvalue weighted by Crippen LogP contribution is 2.35. The van der Waals surface area contributed by atoms with Gasteiger partial charge in [0.05, 0.1) is 12.2 Å². The molecule has 0 aromatic heterocycles. The maximum Gasteiger partial charge on any atom is 0.254 e. The van der Waals surface area contributed by atoms with Gasteiger partial charge in [0.15, 0.2) is 0 Å². The van der Waals surface area contributed by atoms with Gasteiger partial charge in [0.25, 0.3) is 11.8 Å². The lowest BCUT2D eigenvalue weighted by molar-refractivity contribution is 0.0720. The molecule has 240 valence electrons. The molecule has 46 heavy (non-hydrogen) atoms. The fourth-order valence-electron chi connectivity index (χ4n) is 6.08. The minimum absolute atomic E-state index is 0.0336. The summed E-state index contributed by atoms with van der Waals surface area (Å²) < 4.78 is 20.5. The van der Waals surface area contributed by atoms with E-state index in [0.717, 1.165) is 29.0 Å². The number of nitrogens with two attached hydrogens (primary N) is 2. The van der Waals surface area contributed by atoms with Gasteiger partial charge in [-0.1, -0.05) is 61.5 Å². The molecule has 1 saturated heterocycles. The van der Waals surface area contributed by atoms with Gasteiger partial charge < -0.3 is 31.3 Å². The Hall–Kier alpha value is -4.73. The summed E-state index contributed by atoms with van der Waals surface area (Å²) in [5.74, 6) is 0.0516. The van der Waals surface area contributed by atoms with E-state index in [1.807, 2.05) is 72.5 Å². The first kappa shape index (κ1) is 32.7. The van der Waals surface area contributed by atoms with E-state index in [9.17, 15) is 14.0 Å². The summed E-state index contributed by atoms with van der Waals surface area (Å²) in [4.78, 5) is 31.6. The highest BCUT2D eigenvalue weighted by Gasteiger charge is 2.32. The Kier molecular flexibility index (Phi) is 10.7. The van der Waals surface area contributed by atoms with E-state index in [2.05, 4.69) is 17.1 Å². The molecule has 1 aliphatic rings. The number of rotatable bonds is 11. The molecule has 1 fully saturated rings. The first-order valence-electron chi connectivity index (χ1n) is 15.9. The van der Waals surface area contributed by atoms with Gasteiger partial charge in [0.2, 0.25) is 0 Å². The van der Waals surface area contributed by atoms with Crippen LogP contribution in [0.25, 0.3) is 22.3 Å². The number of carbonyl (C=O) groups is 2. The van der Waals surface area contributed by atoms with Crippen molar-refractivity contribution >= 4 is 17.5 Å². The topological polar surface area (TPSA) is 114 Å². The van der Waals surface area contributed by atoms with E-state index in [1.165, 1.54) is 6.07 Å². The van der Waals surface area contributed by atoms with Gasteiger partial charge in [-0.25, -0.2) is 4.39 Å². The zero-order valence-corrected chi connectivity index (χ0v) is 26.5. The number of hydrogen-bond donors (Lipinski definition) is 3. The molecule has 5 N–H and O–H groups in total. The van der Waals surface area contributed by atoms with Crippen molar-refractivity contribution in [2.24, 2.45) is 11.5 Å². The maximum atomic E-state index is 14.6. The van der Waals surface area contributed by atoms with Crippen LogP contribution in [-0.2, 0) is 6.54 Å². The number of halogens is 1. The van der Waals surface area contributed by atoms with Crippen LogP contribution in [0.15, 0.2) is 84.9 Å². The van der Waals surface area contributed by atoms with Crippen molar-refractivity contribution in [3.8, 4) is 28.0 Å². The Morgan fingerprint density at radius 2 is 1.61 bits per heavy atom. The maximum absolute atomic E-state index is 14.6. The van der Waals surface area contributed by atoms with Crippen LogP contribution < -0.4 is 26.4 Å². The minimum atomic E-state index is -0.388. The van der Waals surface area contributed by atoms with E-state index in [-0.39, 0.29) is 30.2 Å². The van der Waals surface area contributed by atoms with Crippen molar-refractivity contribution in [3.63, 3.8) is 0 Å². The van der Waals surface area contributed by atoms with Crippen molar-refractivity contribution in [2.45, 2.75) is 32.9 Å². The number of para-hydroxylation sites is 1. The molecular formula is C37H42FN5O3. The molecule has 0 unspecified atom stereocenters. The van der Waals surface area contributed by atoms with E-state index >= 15 is 0 Å². The molecule has 1 aliphatic heterocycles. The third kappa shape index (κ3) is 6.90. The number of benzene rings is 4. The van der Waals surface area contributed by atoms with Crippen LogP contribution in [0.2, 0.25) is 0 Å². The summed E-state index contributed by atoms with van der Waals surface area (Å²) >= 11 is 0. The molecule has 1 atom stereocenters. The number of carbonyl (C=O) groups excluding carboxylic acids is 2. The summed E-state index contributed by atoms with van der Waals surface area (Å²) in [5, 5.41) is 2.94. The summed E-state index contributed by atoms with van der Waals surface area (Å²) in [6.07, 6.45) is 0.760. The fraction of sp³-hybridized carbons (Fsp3) is 0.297. The Balaban J connectivity index is 1.44. The van der Waals surface area contributed by atoms with Crippen LogP contribution in [0.1, 0.15) is 46.5 Å². The molecule has 0 aliphatic carbocycles. The third-order valence-electron chi connectivity index (χ3n) is 8.46. The largest absolute Gasteiger partial charge is 0.493 e. The van der Waals surface area contributed by atoms with E-state index in [0.29, 0.717) is 67.1 Å². The Bertz CT molecular complexity index is 1690. The lowest BCUT2D eigenvalue weighted by atomic mass is 9.96. The fourth-order valence-corrected chi connectivity index (χ4v) is 6.08. The second kappa shape index (κ2) is 15.0. The summed E-state index contributed by atoms with van der Waals surface area (Å²) in [5.41, 5.74) is 16.7. The Morgan fingerprint density at radius 3 is 2.33 bits per heavy atom. The predicted octanol–water partition coefficient (Wildman–Crippen LogP) is 5.45. The quantitative estimate of drug-likeness (QED) is 0.205. The SMILES string of the molecule is CCOc1ccccc1-c1ccc(N2CCN(C(=O)c3ccccc3-c3ccc(CN)c(F)c3)C[C@H]2CC)c(C(=O)NCCN)c1. The Morgan fingerprint density at radius 1 is 0.891 bits per heavy atom. The van der Waals surface area contributed by atoms with Gasteiger partial charge in [-0.2, -0.15) is 0 Å². The van der Waals surface area contributed by atoms with Crippen LogP contribution >= 0.6 is 0 Å². The van der Waals surface area contributed by atoms with Crippen LogP contribution in [0.4, 0.5) is 10.1 Å². The second-order valence-corrected chi connectivity index (χ2v) is 11.3. The summed E-state index contributed by atoms with van der Waals surface area (Å²) in [6.45, 7) is 6.83. The molecule has 0 spiro atoms. The average Bonchev–Trinajstić information content (AvgIpc) is 3.10. The molecular weight excluding hydrogens is 581 g/mol. The highest BCUT2D eigenvalue weighted by molar-refractivity contribution is 6.02. The molecule has 0 saturated carbocycles. The number of ether oxygens (including phenoxy) is 1. The molecule has 4 aromatic rings. The molecule has 9 heteroatoms. The van der Waals surface area contributed by atoms with Crippen molar-refractivity contribution in [1.82, 2.24) is 10.2 Å². The van der Waals surface area contributed by atoms with Gasteiger partial charge in [0.1, 0.15) is 11.6 Å². The summed E-state index contributed by atoms with van der Waals surface area (Å²) in [6, 6.07) is 25.9. The zero-order chi connectivity index (χ0) is 32.6. The molecule has 0 radical (unpaired) electrons. The van der Waals surface area contributed by atoms with Crippen LogP contribution in [0.3, 0.4) is 0 Å². The normalized spacial score (nSPS) is 14.7. The lowest BCUT2D eigenvalue weighted by Gasteiger charge is -2.43. The van der Waals surface area contributed by atoms with Crippen molar-refractivity contribution in [3.05, 3.63) is 107 Å². The van der Waals surface area contributed by atoms with Crippen molar-refractivity contribution in [1.29, 1.82) is 0 Å². The molecule has 5 rings (SSSR count). The first-order chi connectivity index (χ1) is 22.4. The van der Waals surface area contributed by atoms with Gasteiger partial charge in [0, 0.05) is 67.7 Å². The van der Waals surface area contributed by atoms with Gasteiger partial charge >= 0.3 is 0 Å². The van der Waals surface area contributed by atoms with Crippen molar-refractivity contribution < 1.29 is 18.7 Å². The smallest absolute Gasteiger partial charge is 0.254 e. The monoisotopic (exact) mass is 623 g/mol. The molecule has 8 nitrogen and oxygen atoms in total. The average molecular weight is 624 g/mol. The number of hydrogen-bond acceptors (Lipinski definition) is 6. The number of anilines is 1. The Labute approximate surface area is 270 Å². The standard InChI is InChI=1S/C37H42FN5O3/c1-3-28-24-42(37(45)31-11-6-5-9-29(31)26-13-14-27(23-40)33(38)22-26)19-20-43(28)34-16-15-25(21-32(34)36(44)41-18-17-39)30-10-7-8-12-35(30)46-4-2/h5-16,21-22,28H,3-4,17-20,23-24,39-40H2,1-2H3,(H,41,44)/t28-/m1/s1. The third-order valence-corrected chi connectivity index (χ3v) is 8.46. The lowest BCUT2D eigenvalue weighted by Crippen LogP contribution is -2.55. The zero-order valence-electron chi connectivity index (χ0n) is 26.5. The van der Waals surface area contributed by atoms with E-state index < -0.39 is 0 Å².